The van der Waals surface area contributed by atoms with Gasteiger partial charge in [0.05, 0.1) is 12.4 Å². The van der Waals surface area contributed by atoms with Crippen LogP contribution in [-0.2, 0) is 13.2 Å². The minimum Gasteiger partial charge on any atom is -0.355 e. The molecule has 28 heavy (non-hydrogen) atoms. The summed E-state index contributed by atoms with van der Waals surface area (Å²) in [5, 5.41) is 11.0. The van der Waals surface area contributed by atoms with E-state index in [1.807, 2.05) is 37.4 Å². The van der Waals surface area contributed by atoms with Crippen LogP contribution in [0.25, 0.3) is 5.69 Å². The fourth-order valence-electron chi connectivity index (χ4n) is 2.88. The monoisotopic (exact) mass is 396 g/mol. The molecular weight excluding hydrogens is 372 g/mol. The number of tetrazole rings is 1. The molecule has 146 valence electrons. The van der Waals surface area contributed by atoms with E-state index in [1.54, 1.807) is 16.4 Å². The average Bonchev–Trinajstić information content (AvgIpc) is 3.04. The van der Waals surface area contributed by atoms with Crippen molar-refractivity contribution in [1.82, 2.24) is 30.0 Å². The molecule has 1 heterocycles. The third kappa shape index (κ3) is 4.35. The number of carbonyl (C=O) groups is 1. The van der Waals surface area contributed by atoms with E-state index in [0.29, 0.717) is 23.5 Å². The number of nitrogens with one attached hydrogen (secondary N) is 1. The Morgan fingerprint density at radius 1 is 1.11 bits per heavy atom. The maximum atomic E-state index is 11.6. The van der Waals surface area contributed by atoms with Gasteiger partial charge >= 0.3 is 0 Å². The number of hydrogen-bond donors (Lipinski definition) is 1. The molecule has 0 saturated heterocycles. The van der Waals surface area contributed by atoms with E-state index in [9.17, 15) is 4.79 Å². The van der Waals surface area contributed by atoms with E-state index in [4.69, 9.17) is 12.2 Å². The number of hydrogen-bond acceptors (Lipinski definition) is 5. The van der Waals surface area contributed by atoms with Crippen molar-refractivity contribution < 1.29 is 4.79 Å². The fraction of sp³-hybridized carbons (Fsp3) is 0.300. The first-order valence-corrected chi connectivity index (χ1v) is 9.40. The normalized spacial score (nSPS) is 11.0. The highest BCUT2D eigenvalue weighted by Gasteiger charge is 2.10. The quantitative estimate of drug-likeness (QED) is 0.649. The third-order valence-electron chi connectivity index (χ3n) is 4.65. The van der Waals surface area contributed by atoms with E-state index in [0.717, 1.165) is 11.3 Å². The van der Waals surface area contributed by atoms with Crippen LogP contribution in [0.1, 0.15) is 27.0 Å². The number of aryl methyl sites for hydroxylation is 2. The molecule has 0 saturated carbocycles. The molecule has 1 N–H and O–H groups in total. The van der Waals surface area contributed by atoms with Gasteiger partial charge in [-0.05, 0) is 84.5 Å². The second-order valence-corrected chi connectivity index (χ2v) is 7.24. The van der Waals surface area contributed by atoms with Crippen molar-refractivity contribution in [2.45, 2.75) is 27.1 Å². The van der Waals surface area contributed by atoms with Gasteiger partial charge in [0.15, 0.2) is 0 Å². The first kappa shape index (κ1) is 19.9. The van der Waals surface area contributed by atoms with Gasteiger partial charge in [-0.15, -0.1) is 0 Å². The van der Waals surface area contributed by atoms with Gasteiger partial charge in [-0.2, -0.15) is 4.68 Å². The lowest BCUT2D eigenvalue weighted by molar-refractivity contribution is 0.0963. The molecule has 3 aromatic rings. The van der Waals surface area contributed by atoms with Crippen molar-refractivity contribution in [2.24, 2.45) is 0 Å². The second-order valence-electron chi connectivity index (χ2n) is 6.87. The molecular formula is C20H24N6OS. The summed E-state index contributed by atoms with van der Waals surface area (Å²) in [4.78, 5) is 13.7. The predicted octanol–water partition coefficient (Wildman–Crippen LogP) is 2.86. The van der Waals surface area contributed by atoms with Gasteiger partial charge in [0, 0.05) is 19.2 Å². The first-order valence-electron chi connectivity index (χ1n) is 8.99. The molecule has 2 aromatic carbocycles. The lowest BCUT2D eigenvalue weighted by Gasteiger charge is -2.16. The number of rotatable bonds is 6. The van der Waals surface area contributed by atoms with Gasteiger partial charge < -0.3 is 5.32 Å². The Bertz CT molecular complexity index is 1040. The first-order chi connectivity index (χ1) is 13.4. The zero-order chi connectivity index (χ0) is 20.3. The molecule has 0 radical (unpaired) electrons. The number of carbonyl (C=O) groups excluding carboxylic acids is 1. The summed E-state index contributed by atoms with van der Waals surface area (Å²) in [7, 11) is 3.61. The number of benzene rings is 2. The van der Waals surface area contributed by atoms with Crippen LogP contribution >= 0.6 is 12.2 Å². The Morgan fingerprint density at radius 2 is 1.82 bits per heavy atom. The summed E-state index contributed by atoms with van der Waals surface area (Å²) >= 11 is 5.56. The molecule has 3 rings (SSSR count). The molecule has 1 amide bonds. The fourth-order valence-corrected chi connectivity index (χ4v) is 3.11. The SMILES string of the molecule is CNC(=O)c1ccc(CN(C)Cn2nnn(-c3ccc(C)c(C)c3)c2=S)cc1. The molecule has 0 aliphatic heterocycles. The van der Waals surface area contributed by atoms with E-state index in [-0.39, 0.29) is 5.91 Å². The number of amides is 1. The summed E-state index contributed by atoms with van der Waals surface area (Å²) in [5.41, 5.74) is 5.07. The minimum absolute atomic E-state index is 0.0887. The van der Waals surface area contributed by atoms with Crippen LogP contribution in [0.15, 0.2) is 42.5 Å². The number of nitrogens with zero attached hydrogens (tertiary/aromatic N) is 5. The van der Waals surface area contributed by atoms with Gasteiger partial charge in [0.25, 0.3) is 5.91 Å². The highest BCUT2D eigenvalue weighted by molar-refractivity contribution is 7.71. The van der Waals surface area contributed by atoms with Gasteiger partial charge in [-0.25, -0.2) is 4.68 Å². The van der Waals surface area contributed by atoms with Gasteiger partial charge in [0.2, 0.25) is 4.77 Å². The molecule has 0 fully saturated rings. The van der Waals surface area contributed by atoms with Crippen LogP contribution in [0.2, 0.25) is 0 Å². The minimum atomic E-state index is -0.0887. The Hall–Kier alpha value is -2.84. The Kier molecular flexibility index (Phi) is 6.01. The van der Waals surface area contributed by atoms with E-state index >= 15 is 0 Å². The van der Waals surface area contributed by atoms with Crippen molar-refractivity contribution in [3.63, 3.8) is 0 Å². The summed E-state index contributed by atoms with van der Waals surface area (Å²) in [6, 6.07) is 13.7. The molecule has 0 unspecified atom stereocenters. The summed E-state index contributed by atoms with van der Waals surface area (Å²) in [6.07, 6.45) is 0. The lowest BCUT2D eigenvalue weighted by Crippen LogP contribution is -2.23. The van der Waals surface area contributed by atoms with Crippen LogP contribution < -0.4 is 5.32 Å². The largest absolute Gasteiger partial charge is 0.355 e. The molecule has 0 aliphatic carbocycles. The molecule has 0 atom stereocenters. The van der Waals surface area contributed by atoms with Gasteiger partial charge in [-0.3, -0.25) is 9.69 Å². The van der Waals surface area contributed by atoms with Gasteiger partial charge in [-0.1, -0.05) is 18.2 Å². The summed E-state index contributed by atoms with van der Waals surface area (Å²) in [5.74, 6) is -0.0887. The molecule has 0 spiro atoms. The lowest BCUT2D eigenvalue weighted by atomic mass is 10.1. The Morgan fingerprint density at radius 3 is 2.46 bits per heavy atom. The Labute approximate surface area is 169 Å². The van der Waals surface area contributed by atoms with Crippen LogP contribution in [0.5, 0.6) is 0 Å². The van der Waals surface area contributed by atoms with Gasteiger partial charge in [0.1, 0.15) is 0 Å². The van der Waals surface area contributed by atoms with E-state index < -0.39 is 0 Å². The third-order valence-corrected chi connectivity index (χ3v) is 5.03. The summed E-state index contributed by atoms with van der Waals surface area (Å²) < 4.78 is 3.92. The highest BCUT2D eigenvalue weighted by atomic mass is 32.1. The smallest absolute Gasteiger partial charge is 0.251 e. The van der Waals surface area contributed by atoms with Crippen molar-refractivity contribution in [3.8, 4) is 5.69 Å². The Balaban J connectivity index is 1.70. The van der Waals surface area contributed by atoms with Crippen LogP contribution in [-0.4, -0.2) is 44.7 Å². The molecule has 7 nitrogen and oxygen atoms in total. The molecule has 8 heteroatoms. The maximum Gasteiger partial charge on any atom is 0.251 e. The molecule has 1 aromatic heterocycles. The van der Waals surface area contributed by atoms with Crippen molar-refractivity contribution >= 4 is 18.1 Å². The molecule has 0 aliphatic rings. The molecule has 0 bridgehead atoms. The zero-order valence-corrected chi connectivity index (χ0v) is 17.3. The number of aromatic nitrogens is 4. The van der Waals surface area contributed by atoms with Crippen molar-refractivity contribution in [3.05, 3.63) is 69.5 Å². The van der Waals surface area contributed by atoms with E-state index in [2.05, 4.69) is 46.6 Å². The zero-order valence-electron chi connectivity index (χ0n) is 16.5. The van der Waals surface area contributed by atoms with Crippen LogP contribution in [0.3, 0.4) is 0 Å². The van der Waals surface area contributed by atoms with Crippen molar-refractivity contribution in [1.29, 1.82) is 0 Å². The predicted molar refractivity (Wildman–Crippen MR) is 111 cm³/mol. The second kappa shape index (κ2) is 8.45. The van der Waals surface area contributed by atoms with Crippen molar-refractivity contribution in [2.75, 3.05) is 14.1 Å². The van der Waals surface area contributed by atoms with Crippen LogP contribution in [0.4, 0.5) is 0 Å². The maximum absolute atomic E-state index is 11.6. The van der Waals surface area contributed by atoms with Crippen LogP contribution in [0, 0.1) is 18.6 Å². The average molecular weight is 397 g/mol. The highest BCUT2D eigenvalue weighted by Crippen LogP contribution is 2.14. The summed E-state index contributed by atoms with van der Waals surface area (Å²) in [6.45, 7) is 5.36. The standard InChI is InChI=1S/C20H24N6OS/c1-14-5-10-18(11-15(14)2)26-20(28)25(22-23-26)13-24(4)12-16-6-8-17(9-7-16)19(27)21-3/h5-11H,12-13H2,1-4H3,(H,21,27). The van der Waals surface area contributed by atoms with E-state index in [1.165, 1.54) is 11.1 Å². The topological polar surface area (TPSA) is 68.0 Å².